The number of carbonyl (C=O) groups excluding carboxylic acids is 2. The molecule has 0 saturated heterocycles. The maximum atomic E-state index is 12.5. The summed E-state index contributed by atoms with van der Waals surface area (Å²) in [7, 11) is 0. The van der Waals surface area contributed by atoms with E-state index >= 15 is 0 Å². The number of hydrogen-bond donors (Lipinski definition) is 3. The molecule has 0 spiro atoms. The van der Waals surface area contributed by atoms with Crippen LogP contribution in [-0.4, -0.2) is 33.1 Å². The highest BCUT2D eigenvalue weighted by Crippen LogP contribution is 2.28. The number of carbonyl (C=O) groups is 3. The highest BCUT2D eigenvalue weighted by molar-refractivity contribution is 8.00. The maximum Gasteiger partial charge on any atom is 0.303 e. The van der Waals surface area contributed by atoms with E-state index in [1.807, 2.05) is 13.0 Å². The summed E-state index contributed by atoms with van der Waals surface area (Å²) in [5, 5.41) is 13.9. The van der Waals surface area contributed by atoms with Gasteiger partial charge in [-0.05, 0) is 36.8 Å². The number of nitrogens with one attached hydrogen (secondary N) is 2. The Morgan fingerprint density at radius 3 is 2.48 bits per heavy atom. The fourth-order valence-corrected chi connectivity index (χ4v) is 3.25. The fraction of sp³-hybridized carbons (Fsp3) is 0.263. The molecule has 1 unspecified atom stereocenters. The standard InChI is InChI=1S/C19H21N3O4S/c1-2-16(19(26)22-13-8-10-20-11-9-13)27-15-5-3-4-14(12-15)21-17(23)6-7-18(24)25/h3-5,8-12,16H,2,6-7H2,1H3,(H,21,23)(H,24,25)(H,20,22,26). The predicted octanol–water partition coefficient (Wildman–Crippen LogP) is 3.39. The molecule has 1 aromatic heterocycles. The molecular formula is C19H21N3O4S. The van der Waals surface area contributed by atoms with Crippen molar-refractivity contribution in [2.75, 3.05) is 10.6 Å². The zero-order chi connectivity index (χ0) is 19.6. The van der Waals surface area contributed by atoms with Crippen LogP contribution >= 0.6 is 11.8 Å². The van der Waals surface area contributed by atoms with Crippen LogP contribution in [-0.2, 0) is 14.4 Å². The average Bonchev–Trinajstić information content (AvgIpc) is 2.65. The second kappa shape index (κ2) is 10.3. The van der Waals surface area contributed by atoms with Gasteiger partial charge in [-0.1, -0.05) is 13.0 Å². The summed E-state index contributed by atoms with van der Waals surface area (Å²) in [6, 6.07) is 10.6. The van der Waals surface area contributed by atoms with Crippen molar-refractivity contribution in [2.24, 2.45) is 0 Å². The Balaban J connectivity index is 1.97. The summed E-state index contributed by atoms with van der Waals surface area (Å²) in [6.45, 7) is 1.93. The van der Waals surface area contributed by atoms with Crippen molar-refractivity contribution in [2.45, 2.75) is 36.3 Å². The lowest BCUT2D eigenvalue weighted by Crippen LogP contribution is -2.24. The van der Waals surface area contributed by atoms with Gasteiger partial charge in [0.25, 0.3) is 0 Å². The summed E-state index contributed by atoms with van der Waals surface area (Å²) < 4.78 is 0. The summed E-state index contributed by atoms with van der Waals surface area (Å²) >= 11 is 1.40. The predicted molar refractivity (Wildman–Crippen MR) is 105 cm³/mol. The fourth-order valence-electron chi connectivity index (χ4n) is 2.24. The third kappa shape index (κ3) is 7.10. The maximum absolute atomic E-state index is 12.5. The molecule has 27 heavy (non-hydrogen) atoms. The molecule has 0 bridgehead atoms. The Kier molecular flexibility index (Phi) is 7.81. The zero-order valence-corrected chi connectivity index (χ0v) is 15.7. The van der Waals surface area contributed by atoms with Crippen molar-refractivity contribution in [3.8, 4) is 0 Å². The second-order valence-corrected chi connectivity index (χ2v) is 6.99. The van der Waals surface area contributed by atoms with Gasteiger partial charge in [0.15, 0.2) is 0 Å². The number of aliphatic carboxylic acids is 1. The Morgan fingerprint density at radius 2 is 1.81 bits per heavy atom. The van der Waals surface area contributed by atoms with Crippen LogP contribution in [0.15, 0.2) is 53.7 Å². The van der Waals surface area contributed by atoms with Gasteiger partial charge >= 0.3 is 5.97 Å². The number of benzene rings is 1. The summed E-state index contributed by atoms with van der Waals surface area (Å²) in [6.07, 6.45) is 3.56. The number of carboxylic acid groups (broad SMARTS) is 1. The summed E-state index contributed by atoms with van der Waals surface area (Å²) in [5.74, 6) is -1.48. The number of nitrogens with zero attached hydrogens (tertiary/aromatic N) is 1. The first-order valence-electron chi connectivity index (χ1n) is 8.47. The number of amides is 2. The number of carboxylic acids is 1. The molecule has 0 aliphatic carbocycles. The molecule has 8 heteroatoms. The molecule has 3 N–H and O–H groups in total. The molecule has 2 aromatic rings. The normalized spacial score (nSPS) is 11.4. The molecule has 2 amide bonds. The Hall–Kier alpha value is -2.87. The van der Waals surface area contributed by atoms with Crippen LogP contribution in [0.25, 0.3) is 0 Å². The number of pyridine rings is 1. The quantitative estimate of drug-likeness (QED) is 0.569. The van der Waals surface area contributed by atoms with Crippen molar-refractivity contribution < 1.29 is 19.5 Å². The monoisotopic (exact) mass is 387 g/mol. The van der Waals surface area contributed by atoms with Crippen molar-refractivity contribution in [1.29, 1.82) is 0 Å². The van der Waals surface area contributed by atoms with E-state index in [2.05, 4.69) is 15.6 Å². The van der Waals surface area contributed by atoms with E-state index in [1.54, 1.807) is 42.7 Å². The lowest BCUT2D eigenvalue weighted by molar-refractivity contribution is -0.138. The molecule has 0 aliphatic heterocycles. The number of anilines is 2. The van der Waals surface area contributed by atoms with Crippen LogP contribution in [0.3, 0.4) is 0 Å². The topological polar surface area (TPSA) is 108 Å². The highest BCUT2D eigenvalue weighted by Gasteiger charge is 2.18. The first-order valence-corrected chi connectivity index (χ1v) is 9.35. The molecule has 2 rings (SSSR count). The van der Waals surface area contributed by atoms with Crippen LogP contribution in [0.2, 0.25) is 0 Å². The molecule has 1 atom stereocenters. The molecule has 142 valence electrons. The minimum absolute atomic E-state index is 0.0847. The molecule has 1 aromatic carbocycles. The van der Waals surface area contributed by atoms with E-state index < -0.39 is 5.97 Å². The van der Waals surface area contributed by atoms with E-state index in [-0.39, 0.29) is 29.9 Å². The van der Waals surface area contributed by atoms with Crippen LogP contribution in [0.5, 0.6) is 0 Å². The molecule has 0 fully saturated rings. The molecule has 1 heterocycles. The van der Waals surface area contributed by atoms with E-state index in [4.69, 9.17) is 5.11 Å². The lowest BCUT2D eigenvalue weighted by atomic mass is 10.2. The number of aromatic nitrogens is 1. The molecule has 7 nitrogen and oxygen atoms in total. The molecule has 0 radical (unpaired) electrons. The van der Waals surface area contributed by atoms with Gasteiger partial charge in [-0.15, -0.1) is 11.8 Å². The van der Waals surface area contributed by atoms with E-state index in [1.165, 1.54) is 11.8 Å². The van der Waals surface area contributed by atoms with E-state index in [0.29, 0.717) is 17.8 Å². The van der Waals surface area contributed by atoms with E-state index in [9.17, 15) is 14.4 Å². The minimum atomic E-state index is -1.01. The Morgan fingerprint density at radius 1 is 1.07 bits per heavy atom. The van der Waals surface area contributed by atoms with Crippen LogP contribution in [0, 0.1) is 0 Å². The van der Waals surface area contributed by atoms with Gasteiger partial charge in [-0.3, -0.25) is 19.4 Å². The van der Waals surface area contributed by atoms with Gasteiger partial charge in [-0.25, -0.2) is 0 Å². The first kappa shape index (κ1) is 20.4. The smallest absolute Gasteiger partial charge is 0.303 e. The van der Waals surface area contributed by atoms with Crippen molar-refractivity contribution in [3.05, 3.63) is 48.8 Å². The summed E-state index contributed by atoms with van der Waals surface area (Å²) in [5.41, 5.74) is 1.26. The largest absolute Gasteiger partial charge is 0.481 e. The van der Waals surface area contributed by atoms with Crippen molar-refractivity contribution >= 4 is 40.9 Å². The van der Waals surface area contributed by atoms with Gasteiger partial charge in [0.1, 0.15) is 0 Å². The van der Waals surface area contributed by atoms with Gasteiger partial charge in [0.2, 0.25) is 11.8 Å². The lowest BCUT2D eigenvalue weighted by Gasteiger charge is -2.15. The van der Waals surface area contributed by atoms with E-state index in [0.717, 1.165) is 4.90 Å². The Bertz CT molecular complexity index is 799. The molecular weight excluding hydrogens is 366 g/mol. The number of rotatable bonds is 9. The van der Waals surface area contributed by atoms with Crippen molar-refractivity contribution in [1.82, 2.24) is 4.98 Å². The van der Waals surface area contributed by atoms with Gasteiger partial charge in [0, 0.05) is 35.1 Å². The first-order chi connectivity index (χ1) is 13.0. The SMILES string of the molecule is CCC(Sc1cccc(NC(=O)CCC(=O)O)c1)C(=O)Nc1ccncc1. The highest BCUT2D eigenvalue weighted by atomic mass is 32.2. The minimum Gasteiger partial charge on any atom is -0.481 e. The van der Waals surface area contributed by atoms with Crippen molar-refractivity contribution in [3.63, 3.8) is 0 Å². The second-order valence-electron chi connectivity index (χ2n) is 5.71. The molecule has 0 saturated carbocycles. The number of hydrogen-bond acceptors (Lipinski definition) is 5. The third-order valence-corrected chi connectivity index (χ3v) is 4.93. The zero-order valence-electron chi connectivity index (χ0n) is 14.8. The van der Waals surface area contributed by atoms with Gasteiger partial charge < -0.3 is 15.7 Å². The molecule has 0 aliphatic rings. The number of thioether (sulfide) groups is 1. The Labute approximate surface area is 161 Å². The van der Waals surface area contributed by atoms with Crippen LogP contribution in [0.1, 0.15) is 26.2 Å². The third-order valence-electron chi connectivity index (χ3n) is 3.57. The van der Waals surface area contributed by atoms with Gasteiger partial charge in [0.05, 0.1) is 11.7 Å². The summed E-state index contributed by atoms with van der Waals surface area (Å²) in [4.78, 5) is 39.5. The van der Waals surface area contributed by atoms with Crippen LogP contribution < -0.4 is 10.6 Å². The van der Waals surface area contributed by atoms with Crippen LogP contribution in [0.4, 0.5) is 11.4 Å². The van der Waals surface area contributed by atoms with Gasteiger partial charge in [-0.2, -0.15) is 0 Å². The average molecular weight is 387 g/mol.